The molecule has 8 nitrogen and oxygen atoms in total. The van der Waals surface area contributed by atoms with E-state index in [0.717, 1.165) is 19.3 Å². The summed E-state index contributed by atoms with van der Waals surface area (Å²) in [5, 5.41) is 4.89. The molecule has 1 aromatic rings. The van der Waals surface area contributed by atoms with Gasteiger partial charge in [-0.3, -0.25) is 24.5 Å². The predicted molar refractivity (Wildman–Crippen MR) is 102 cm³/mol. The van der Waals surface area contributed by atoms with Crippen LogP contribution in [0.3, 0.4) is 0 Å². The molecule has 4 saturated carbocycles. The average molecular weight is 401 g/mol. The van der Waals surface area contributed by atoms with Gasteiger partial charge in [-0.05, 0) is 68.4 Å². The molecule has 4 bridgehead atoms. The van der Waals surface area contributed by atoms with Crippen LogP contribution in [0.25, 0.3) is 0 Å². The normalized spacial score (nSPS) is 29.3. The third kappa shape index (κ3) is 4.06. The zero-order valence-electron chi connectivity index (χ0n) is 16.6. The fourth-order valence-electron chi connectivity index (χ4n) is 5.85. The number of hydrogen-bond donors (Lipinski definition) is 2. The number of hydrogen-bond acceptors (Lipinski definition) is 5. The Kier molecular flexibility index (Phi) is 5.19. The summed E-state index contributed by atoms with van der Waals surface area (Å²) in [4.78, 5) is 48.5. The second-order valence-electron chi connectivity index (χ2n) is 8.92. The molecule has 2 N–H and O–H groups in total. The quantitative estimate of drug-likeness (QED) is 0.696. The Morgan fingerprint density at radius 3 is 2.28 bits per heavy atom. The maximum Gasteiger partial charge on any atom is 0.325 e. The Morgan fingerprint density at radius 1 is 1.10 bits per heavy atom. The summed E-state index contributed by atoms with van der Waals surface area (Å²) in [6, 6.07) is 3.26. The second-order valence-corrected chi connectivity index (χ2v) is 8.92. The van der Waals surface area contributed by atoms with Gasteiger partial charge >= 0.3 is 5.97 Å². The van der Waals surface area contributed by atoms with Gasteiger partial charge in [0.05, 0.1) is 0 Å². The number of esters is 1. The monoisotopic (exact) mass is 401 g/mol. The van der Waals surface area contributed by atoms with Crippen LogP contribution in [0.2, 0.25) is 0 Å². The summed E-state index contributed by atoms with van der Waals surface area (Å²) in [5.74, 6) is -0.0923. The van der Waals surface area contributed by atoms with Crippen molar-refractivity contribution in [2.75, 3.05) is 13.2 Å². The van der Waals surface area contributed by atoms with Gasteiger partial charge in [0, 0.05) is 18.7 Å². The lowest BCUT2D eigenvalue weighted by atomic mass is 9.49. The Hall–Kier alpha value is -2.64. The molecule has 4 fully saturated rings. The maximum atomic E-state index is 12.8. The number of ether oxygens (including phenoxy) is 1. The van der Waals surface area contributed by atoms with Crippen LogP contribution in [-0.4, -0.2) is 41.4 Å². The molecule has 4 aliphatic rings. The van der Waals surface area contributed by atoms with Gasteiger partial charge in [-0.2, -0.15) is 0 Å². The Bertz CT molecular complexity index is 808. The molecule has 1 heterocycles. The van der Waals surface area contributed by atoms with E-state index in [4.69, 9.17) is 4.74 Å². The first-order valence-electron chi connectivity index (χ1n) is 10.2. The molecular formula is C21H27N3O5. The number of nitrogens with zero attached hydrogens (tertiary/aromatic N) is 1. The van der Waals surface area contributed by atoms with Crippen molar-refractivity contribution in [1.82, 2.24) is 15.2 Å². The van der Waals surface area contributed by atoms with Gasteiger partial charge in [0.15, 0.2) is 6.61 Å². The van der Waals surface area contributed by atoms with Crippen LogP contribution in [0.15, 0.2) is 18.3 Å². The number of carbonyl (C=O) groups excluding carboxylic acids is 4. The Morgan fingerprint density at radius 2 is 1.72 bits per heavy atom. The van der Waals surface area contributed by atoms with Crippen LogP contribution in [0, 0.1) is 23.2 Å². The molecule has 1 aromatic heterocycles. The largest absolute Gasteiger partial charge is 0.454 e. The zero-order chi connectivity index (χ0) is 20.6. The van der Waals surface area contributed by atoms with E-state index < -0.39 is 24.4 Å². The lowest BCUT2D eigenvalue weighted by molar-refractivity contribution is -0.152. The zero-order valence-corrected chi connectivity index (χ0v) is 16.6. The molecule has 8 heteroatoms. The molecule has 29 heavy (non-hydrogen) atoms. The standard InChI is InChI=1S/C21H27N3O5/c1-24-4-2-3-16(24)19(27)23-17(25)12-29-18(26)11-22-20(28)21-8-13-5-14(9-21)7-15(6-13)10-21/h2-4,13-15H,5-12H2,1H3,(H,22,28)(H,23,25,27). The van der Waals surface area contributed by atoms with Gasteiger partial charge in [0.2, 0.25) is 5.91 Å². The molecule has 0 aliphatic heterocycles. The predicted octanol–water partition coefficient (Wildman–Crippen LogP) is 1.16. The highest BCUT2D eigenvalue weighted by molar-refractivity contribution is 6.04. The first-order chi connectivity index (χ1) is 13.8. The van der Waals surface area contributed by atoms with Crippen molar-refractivity contribution in [2.24, 2.45) is 30.2 Å². The highest BCUT2D eigenvalue weighted by atomic mass is 16.5. The third-order valence-corrected chi connectivity index (χ3v) is 6.71. The van der Waals surface area contributed by atoms with Crippen LogP contribution >= 0.6 is 0 Å². The van der Waals surface area contributed by atoms with E-state index >= 15 is 0 Å². The number of imide groups is 1. The second kappa shape index (κ2) is 7.65. The minimum atomic E-state index is -0.711. The molecule has 0 saturated heterocycles. The first kappa shape index (κ1) is 19.7. The summed E-state index contributed by atoms with van der Waals surface area (Å²) in [6.07, 6.45) is 8.17. The first-order valence-corrected chi connectivity index (χ1v) is 10.2. The van der Waals surface area contributed by atoms with Crippen molar-refractivity contribution < 1.29 is 23.9 Å². The van der Waals surface area contributed by atoms with E-state index in [0.29, 0.717) is 23.4 Å². The van der Waals surface area contributed by atoms with Crippen LogP contribution < -0.4 is 10.6 Å². The topological polar surface area (TPSA) is 106 Å². The molecule has 0 unspecified atom stereocenters. The number of carbonyl (C=O) groups is 4. The van der Waals surface area contributed by atoms with Crippen molar-refractivity contribution in [3.63, 3.8) is 0 Å². The SMILES string of the molecule is Cn1cccc1C(=O)NC(=O)COC(=O)CNC(=O)C12CC3CC(CC(C3)C1)C2. The van der Waals surface area contributed by atoms with Gasteiger partial charge < -0.3 is 14.6 Å². The molecule has 5 rings (SSSR count). The summed E-state index contributed by atoms with van der Waals surface area (Å²) in [6.45, 7) is -0.831. The van der Waals surface area contributed by atoms with E-state index in [1.165, 1.54) is 19.3 Å². The average Bonchev–Trinajstić information content (AvgIpc) is 3.09. The summed E-state index contributed by atoms with van der Waals surface area (Å²) in [7, 11) is 1.69. The summed E-state index contributed by atoms with van der Waals surface area (Å²) in [5.41, 5.74) is 0.000896. The van der Waals surface area contributed by atoms with Crippen molar-refractivity contribution >= 4 is 23.7 Å². The van der Waals surface area contributed by atoms with E-state index in [-0.39, 0.29) is 17.9 Å². The fourth-order valence-corrected chi connectivity index (χ4v) is 5.85. The number of amides is 3. The highest BCUT2D eigenvalue weighted by Gasteiger charge is 2.54. The summed E-state index contributed by atoms with van der Waals surface area (Å²) >= 11 is 0. The molecule has 3 amide bonds. The maximum absolute atomic E-state index is 12.8. The molecule has 0 radical (unpaired) electrons. The minimum Gasteiger partial charge on any atom is -0.454 e. The molecule has 4 aliphatic carbocycles. The summed E-state index contributed by atoms with van der Waals surface area (Å²) < 4.78 is 6.47. The van der Waals surface area contributed by atoms with Crippen molar-refractivity contribution in [1.29, 1.82) is 0 Å². The molecule has 156 valence electrons. The van der Waals surface area contributed by atoms with Crippen LogP contribution in [0.1, 0.15) is 49.0 Å². The molecular weight excluding hydrogens is 374 g/mol. The molecule has 0 spiro atoms. The number of aryl methyl sites for hydroxylation is 1. The van der Waals surface area contributed by atoms with E-state index in [1.807, 2.05) is 0 Å². The van der Waals surface area contributed by atoms with Crippen LogP contribution in [0.4, 0.5) is 0 Å². The Labute approximate surface area is 169 Å². The van der Waals surface area contributed by atoms with Crippen molar-refractivity contribution in [3.05, 3.63) is 24.0 Å². The number of nitrogens with one attached hydrogen (secondary N) is 2. The lowest BCUT2D eigenvalue weighted by Crippen LogP contribution is -2.54. The third-order valence-electron chi connectivity index (χ3n) is 6.71. The van der Waals surface area contributed by atoms with Gasteiger partial charge in [0.1, 0.15) is 12.2 Å². The van der Waals surface area contributed by atoms with Gasteiger partial charge in [-0.15, -0.1) is 0 Å². The van der Waals surface area contributed by atoms with Crippen LogP contribution in [-0.2, 0) is 26.2 Å². The molecule has 0 atom stereocenters. The van der Waals surface area contributed by atoms with E-state index in [9.17, 15) is 19.2 Å². The van der Waals surface area contributed by atoms with Crippen molar-refractivity contribution in [3.8, 4) is 0 Å². The smallest absolute Gasteiger partial charge is 0.325 e. The van der Waals surface area contributed by atoms with Crippen molar-refractivity contribution in [2.45, 2.75) is 38.5 Å². The minimum absolute atomic E-state index is 0.0584. The van der Waals surface area contributed by atoms with E-state index in [2.05, 4.69) is 10.6 Å². The van der Waals surface area contributed by atoms with Gasteiger partial charge in [0.25, 0.3) is 11.8 Å². The van der Waals surface area contributed by atoms with Gasteiger partial charge in [-0.25, -0.2) is 0 Å². The Balaban J connectivity index is 1.20. The fraction of sp³-hybridized carbons (Fsp3) is 0.619. The molecule has 0 aromatic carbocycles. The van der Waals surface area contributed by atoms with E-state index in [1.54, 1.807) is 29.9 Å². The van der Waals surface area contributed by atoms with Gasteiger partial charge in [-0.1, -0.05) is 0 Å². The highest BCUT2D eigenvalue weighted by Crippen LogP contribution is 2.60. The number of aromatic nitrogens is 1. The van der Waals surface area contributed by atoms with Crippen LogP contribution in [0.5, 0.6) is 0 Å². The lowest BCUT2D eigenvalue weighted by Gasteiger charge is -2.55. The number of rotatable bonds is 6.